The van der Waals surface area contributed by atoms with E-state index in [1.165, 1.54) is 17.2 Å². The maximum absolute atomic E-state index is 10.2. The number of aliphatic hydroxyl groups is 3. The number of nitrogens with zero attached hydrogens (tertiary/aromatic N) is 4. The number of benzene rings is 1. The first-order chi connectivity index (χ1) is 13.1. The maximum Gasteiger partial charge on any atom is 0.167 e. The smallest absolute Gasteiger partial charge is 0.167 e. The molecule has 0 saturated carbocycles. The van der Waals surface area contributed by atoms with Gasteiger partial charge >= 0.3 is 0 Å². The van der Waals surface area contributed by atoms with Gasteiger partial charge in [0.05, 0.1) is 12.9 Å². The Bertz CT molecular complexity index is 955. The molecule has 4 rings (SSSR count). The average molecular weight is 410 g/mol. The van der Waals surface area contributed by atoms with Gasteiger partial charge in [0.1, 0.15) is 24.6 Å². The predicted molar refractivity (Wildman–Crippen MR) is 101 cm³/mol. The lowest BCUT2D eigenvalue weighted by Gasteiger charge is -2.16. The minimum Gasteiger partial charge on any atom is -0.412 e. The van der Waals surface area contributed by atoms with Crippen molar-refractivity contribution in [3.8, 4) is 0 Å². The Hall–Kier alpha value is -2.34. The third-order valence-corrected chi connectivity index (χ3v) is 4.92. The maximum atomic E-state index is 10.2. The fourth-order valence-electron chi connectivity index (χ4n) is 3.10. The number of hydrogen-bond donors (Lipinski definition) is 4. The molecule has 150 valence electrons. The van der Waals surface area contributed by atoms with Crippen LogP contribution in [0.15, 0.2) is 36.9 Å². The molecule has 1 aliphatic heterocycles. The number of nitrogens with one attached hydrogen (secondary N) is 1. The van der Waals surface area contributed by atoms with Crippen LogP contribution < -0.4 is 5.32 Å². The van der Waals surface area contributed by atoms with E-state index in [1.807, 2.05) is 24.3 Å². The van der Waals surface area contributed by atoms with Crippen LogP contribution in [-0.4, -0.2) is 65.2 Å². The van der Waals surface area contributed by atoms with Crippen LogP contribution in [0.3, 0.4) is 0 Å². The summed E-state index contributed by atoms with van der Waals surface area (Å²) in [5.74, 6) is 0.505. The van der Waals surface area contributed by atoms with Crippen molar-refractivity contribution in [1.82, 2.24) is 19.5 Å². The lowest BCUT2D eigenvalue weighted by atomic mass is 10.1. The molecule has 28 heavy (non-hydrogen) atoms. The van der Waals surface area contributed by atoms with E-state index in [0.717, 1.165) is 5.56 Å². The van der Waals surface area contributed by atoms with Crippen LogP contribution in [0.5, 0.6) is 0 Å². The number of fused-ring (bicyclic) bond motifs is 1. The number of ether oxygens (including phenoxy) is 1. The molecule has 4 unspecified atom stereocenters. The van der Waals surface area contributed by atoms with E-state index < -0.39 is 31.1 Å². The van der Waals surface area contributed by atoms with Crippen molar-refractivity contribution in [2.75, 3.05) is 11.9 Å². The standard InChI is InChI=1S/C17H18ClN5O4.H2O/c18-10-4-2-1-3-9(10)5-19-15-12-16(21-7-20-15)23(8-22-12)17-14(26)13(25)11(6-24)27-17;/h1-4,7-8,11,13-14,17,24-26H,5-6H2,(H,19,20,21);1H2. The number of anilines is 1. The van der Waals surface area contributed by atoms with Gasteiger partial charge in [-0.2, -0.15) is 0 Å². The highest BCUT2D eigenvalue weighted by atomic mass is 35.5. The number of halogens is 1. The van der Waals surface area contributed by atoms with E-state index in [4.69, 9.17) is 16.3 Å². The summed E-state index contributed by atoms with van der Waals surface area (Å²) in [4.78, 5) is 12.8. The van der Waals surface area contributed by atoms with Crippen LogP contribution >= 0.6 is 11.6 Å². The van der Waals surface area contributed by atoms with Gasteiger partial charge in [-0.1, -0.05) is 29.8 Å². The first kappa shape index (κ1) is 20.4. The SMILES string of the molecule is O.OCC1OC(n2cnc3c(NCc4ccccc4Cl)ncnc32)C(O)C1O. The molecule has 0 amide bonds. The molecule has 4 atom stereocenters. The normalized spacial score (nSPS) is 24.3. The fourth-order valence-corrected chi connectivity index (χ4v) is 3.30. The van der Waals surface area contributed by atoms with Crippen molar-refractivity contribution in [2.24, 2.45) is 0 Å². The Balaban J connectivity index is 0.00000225. The van der Waals surface area contributed by atoms with Crippen LogP contribution in [0, 0.1) is 0 Å². The summed E-state index contributed by atoms with van der Waals surface area (Å²) in [5.41, 5.74) is 1.83. The molecule has 0 bridgehead atoms. The second kappa shape index (κ2) is 8.35. The summed E-state index contributed by atoms with van der Waals surface area (Å²) in [5, 5.41) is 33.3. The van der Waals surface area contributed by atoms with Crippen molar-refractivity contribution in [2.45, 2.75) is 31.1 Å². The highest BCUT2D eigenvalue weighted by Gasteiger charge is 2.44. The average Bonchev–Trinajstić information content (AvgIpc) is 3.23. The molecule has 1 aromatic carbocycles. The van der Waals surface area contributed by atoms with E-state index in [1.54, 1.807) is 0 Å². The highest BCUT2D eigenvalue weighted by Crippen LogP contribution is 2.32. The summed E-state index contributed by atoms with van der Waals surface area (Å²) in [6.07, 6.45) is -1.36. The van der Waals surface area contributed by atoms with Crippen molar-refractivity contribution in [3.05, 3.63) is 47.5 Å². The Labute approximate surface area is 164 Å². The van der Waals surface area contributed by atoms with Gasteiger partial charge in [-0.25, -0.2) is 15.0 Å². The van der Waals surface area contributed by atoms with Crippen molar-refractivity contribution >= 4 is 28.6 Å². The highest BCUT2D eigenvalue weighted by molar-refractivity contribution is 6.31. The molecule has 1 saturated heterocycles. The molecule has 2 aromatic heterocycles. The summed E-state index contributed by atoms with van der Waals surface area (Å²) in [6.45, 7) is 0.0491. The Morgan fingerprint density at radius 3 is 2.64 bits per heavy atom. The van der Waals surface area contributed by atoms with E-state index >= 15 is 0 Å². The molecule has 10 nitrogen and oxygen atoms in total. The number of aromatic nitrogens is 4. The number of hydrogen-bond acceptors (Lipinski definition) is 8. The van der Waals surface area contributed by atoms with E-state index in [0.29, 0.717) is 28.5 Å². The zero-order valence-electron chi connectivity index (χ0n) is 14.6. The van der Waals surface area contributed by atoms with Gasteiger partial charge in [0.25, 0.3) is 0 Å². The van der Waals surface area contributed by atoms with Crippen molar-refractivity contribution in [3.63, 3.8) is 0 Å². The topological polar surface area (TPSA) is 157 Å². The van der Waals surface area contributed by atoms with Crippen LogP contribution in [-0.2, 0) is 11.3 Å². The first-order valence-electron chi connectivity index (χ1n) is 8.37. The lowest BCUT2D eigenvalue weighted by Crippen LogP contribution is -2.33. The molecule has 0 spiro atoms. The van der Waals surface area contributed by atoms with Crippen LogP contribution in [0.4, 0.5) is 5.82 Å². The van der Waals surface area contributed by atoms with Crippen molar-refractivity contribution < 1.29 is 25.5 Å². The van der Waals surface area contributed by atoms with Gasteiger partial charge in [0, 0.05) is 11.6 Å². The fraction of sp³-hybridized carbons (Fsp3) is 0.353. The zero-order valence-corrected chi connectivity index (χ0v) is 15.4. The monoisotopic (exact) mass is 409 g/mol. The van der Waals surface area contributed by atoms with Crippen LogP contribution in [0.1, 0.15) is 11.8 Å². The Morgan fingerprint density at radius 1 is 1.14 bits per heavy atom. The molecule has 1 fully saturated rings. The third-order valence-electron chi connectivity index (χ3n) is 4.55. The second-order valence-corrected chi connectivity index (χ2v) is 6.63. The van der Waals surface area contributed by atoms with Gasteiger partial charge in [0.2, 0.25) is 0 Å². The molecule has 3 heterocycles. The zero-order chi connectivity index (χ0) is 19.0. The van der Waals surface area contributed by atoms with Gasteiger partial charge in [-0.05, 0) is 11.6 Å². The quantitative estimate of drug-likeness (QED) is 0.454. The predicted octanol–water partition coefficient (Wildman–Crippen LogP) is -0.121. The Kier molecular flexibility index (Phi) is 6.08. The number of rotatable bonds is 5. The molecule has 3 aromatic rings. The van der Waals surface area contributed by atoms with Crippen molar-refractivity contribution in [1.29, 1.82) is 0 Å². The number of imidazole rings is 1. The minimum atomic E-state index is -1.21. The summed E-state index contributed by atoms with van der Waals surface area (Å²) < 4.78 is 7.06. The molecule has 0 radical (unpaired) electrons. The molecule has 11 heteroatoms. The second-order valence-electron chi connectivity index (χ2n) is 6.22. The van der Waals surface area contributed by atoms with E-state index in [-0.39, 0.29) is 5.48 Å². The van der Waals surface area contributed by atoms with E-state index in [9.17, 15) is 15.3 Å². The summed E-state index contributed by atoms with van der Waals surface area (Å²) in [6, 6.07) is 7.47. The van der Waals surface area contributed by atoms with Crippen LogP contribution in [0.25, 0.3) is 11.2 Å². The third kappa shape index (κ3) is 3.53. The van der Waals surface area contributed by atoms with Gasteiger partial charge in [-0.15, -0.1) is 0 Å². The van der Waals surface area contributed by atoms with Gasteiger partial charge < -0.3 is 30.8 Å². The van der Waals surface area contributed by atoms with Gasteiger partial charge in [-0.3, -0.25) is 4.57 Å². The Morgan fingerprint density at radius 2 is 1.93 bits per heavy atom. The molecule has 1 aliphatic rings. The molecule has 0 aliphatic carbocycles. The largest absolute Gasteiger partial charge is 0.412 e. The molecular formula is C17H20ClN5O5. The minimum absolute atomic E-state index is 0. The van der Waals surface area contributed by atoms with E-state index in [2.05, 4.69) is 20.3 Å². The summed E-state index contributed by atoms with van der Waals surface area (Å²) >= 11 is 6.18. The lowest BCUT2D eigenvalue weighted by molar-refractivity contribution is -0.0511. The van der Waals surface area contributed by atoms with Crippen LogP contribution in [0.2, 0.25) is 5.02 Å². The molecular weight excluding hydrogens is 390 g/mol. The number of aliphatic hydroxyl groups excluding tert-OH is 3. The first-order valence-corrected chi connectivity index (χ1v) is 8.75. The summed E-state index contributed by atoms with van der Waals surface area (Å²) in [7, 11) is 0. The molecule has 6 N–H and O–H groups in total. The van der Waals surface area contributed by atoms with Gasteiger partial charge in [0.15, 0.2) is 23.2 Å².